The van der Waals surface area contributed by atoms with Crippen molar-refractivity contribution < 1.29 is 19.0 Å². The first kappa shape index (κ1) is 14.8. The maximum atomic E-state index is 13.9. The largest absolute Gasteiger partial charge is 0.446 e. The number of alkyl carbamates (subject to hydrolysis) is 1. The standard InChI is InChI=1S/C15H20FNO3/c1-9(2)12-5-4-10(6-13(12)16)15(19)7-11(8-15)20-14(18)17-3/h4-6,9,11,19H,7-8H2,1-3H3,(H,17,18). The Balaban J connectivity index is 2.06. The summed E-state index contributed by atoms with van der Waals surface area (Å²) in [7, 11) is 1.48. The van der Waals surface area contributed by atoms with Gasteiger partial charge < -0.3 is 15.2 Å². The van der Waals surface area contributed by atoms with Gasteiger partial charge in [0.2, 0.25) is 0 Å². The van der Waals surface area contributed by atoms with E-state index in [0.717, 1.165) is 0 Å². The quantitative estimate of drug-likeness (QED) is 0.895. The van der Waals surface area contributed by atoms with E-state index in [0.29, 0.717) is 24.0 Å². The Labute approximate surface area is 117 Å². The summed E-state index contributed by atoms with van der Waals surface area (Å²) in [4.78, 5) is 11.1. The van der Waals surface area contributed by atoms with Crippen molar-refractivity contribution in [2.45, 2.75) is 44.3 Å². The summed E-state index contributed by atoms with van der Waals surface area (Å²) in [5.41, 5.74) is 0.0701. The smallest absolute Gasteiger partial charge is 0.407 e. The molecule has 1 amide bonds. The average Bonchev–Trinajstić information content (AvgIpc) is 2.35. The molecule has 0 aliphatic heterocycles. The summed E-state index contributed by atoms with van der Waals surface area (Å²) in [6, 6.07) is 4.83. The van der Waals surface area contributed by atoms with Crippen LogP contribution in [0.2, 0.25) is 0 Å². The highest BCUT2D eigenvalue weighted by atomic mass is 19.1. The molecule has 20 heavy (non-hydrogen) atoms. The number of hydrogen-bond donors (Lipinski definition) is 2. The van der Waals surface area contributed by atoms with Crippen molar-refractivity contribution in [1.29, 1.82) is 0 Å². The second-order valence-electron chi connectivity index (χ2n) is 5.61. The van der Waals surface area contributed by atoms with Crippen LogP contribution in [-0.4, -0.2) is 24.4 Å². The fraction of sp³-hybridized carbons (Fsp3) is 0.533. The summed E-state index contributed by atoms with van der Waals surface area (Å²) in [6.07, 6.45) is -0.256. The van der Waals surface area contributed by atoms with Crippen LogP contribution in [0.25, 0.3) is 0 Å². The van der Waals surface area contributed by atoms with Crippen LogP contribution < -0.4 is 5.32 Å². The molecule has 0 atom stereocenters. The Morgan fingerprint density at radius 1 is 1.50 bits per heavy atom. The van der Waals surface area contributed by atoms with Gasteiger partial charge in [0.1, 0.15) is 11.9 Å². The monoisotopic (exact) mass is 281 g/mol. The first-order chi connectivity index (χ1) is 9.35. The SMILES string of the molecule is CNC(=O)OC1CC(O)(c2ccc(C(C)C)c(F)c2)C1. The molecule has 0 radical (unpaired) electrons. The van der Waals surface area contributed by atoms with Gasteiger partial charge in [-0.1, -0.05) is 26.0 Å². The van der Waals surface area contributed by atoms with E-state index >= 15 is 0 Å². The minimum atomic E-state index is -1.10. The number of halogens is 1. The molecule has 0 aromatic heterocycles. The molecular formula is C15H20FNO3. The second kappa shape index (κ2) is 5.40. The Morgan fingerprint density at radius 3 is 2.65 bits per heavy atom. The van der Waals surface area contributed by atoms with Crippen LogP contribution in [0.1, 0.15) is 43.7 Å². The van der Waals surface area contributed by atoms with Crippen LogP contribution in [0.3, 0.4) is 0 Å². The molecule has 0 heterocycles. The third kappa shape index (κ3) is 2.77. The lowest BCUT2D eigenvalue weighted by Gasteiger charge is -2.43. The van der Waals surface area contributed by atoms with Crippen LogP contribution in [0.4, 0.5) is 9.18 Å². The summed E-state index contributed by atoms with van der Waals surface area (Å²) >= 11 is 0. The molecule has 1 saturated carbocycles. The first-order valence-electron chi connectivity index (χ1n) is 6.76. The van der Waals surface area contributed by atoms with Gasteiger partial charge in [0.25, 0.3) is 0 Å². The zero-order chi connectivity index (χ0) is 14.9. The number of nitrogens with one attached hydrogen (secondary N) is 1. The molecule has 1 fully saturated rings. The van der Waals surface area contributed by atoms with Crippen LogP contribution in [0, 0.1) is 5.82 Å². The summed E-state index contributed by atoms with van der Waals surface area (Å²) < 4.78 is 19.0. The highest BCUT2D eigenvalue weighted by Crippen LogP contribution is 2.43. The van der Waals surface area contributed by atoms with E-state index in [1.54, 1.807) is 12.1 Å². The fourth-order valence-electron chi connectivity index (χ4n) is 2.51. The number of aliphatic hydroxyl groups is 1. The zero-order valence-corrected chi connectivity index (χ0v) is 11.9. The van der Waals surface area contributed by atoms with E-state index in [-0.39, 0.29) is 17.8 Å². The van der Waals surface area contributed by atoms with Crippen molar-refractivity contribution in [2.75, 3.05) is 7.05 Å². The topological polar surface area (TPSA) is 58.6 Å². The maximum Gasteiger partial charge on any atom is 0.407 e. The van der Waals surface area contributed by atoms with Crippen LogP contribution in [-0.2, 0) is 10.3 Å². The summed E-state index contributed by atoms with van der Waals surface area (Å²) in [6.45, 7) is 3.84. The predicted octanol–water partition coefficient (Wildman–Crippen LogP) is 2.66. The van der Waals surface area contributed by atoms with E-state index < -0.39 is 11.7 Å². The lowest BCUT2D eigenvalue weighted by Crippen LogP contribution is -2.47. The number of carbonyl (C=O) groups is 1. The van der Waals surface area contributed by atoms with Gasteiger partial charge in [-0.3, -0.25) is 0 Å². The van der Waals surface area contributed by atoms with Gasteiger partial charge in [-0.25, -0.2) is 9.18 Å². The molecule has 4 nitrogen and oxygen atoms in total. The molecule has 1 aliphatic carbocycles. The second-order valence-corrected chi connectivity index (χ2v) is 5.61. The van der Waals surface area contributed by atoms with Crippen LogP contribution >= 0.6 is 0 Å². The molecule has 0 unspecified atom stereocenters. The number of ether oxygens (including phenoxy) is 1. The van der Waals surface area contributed by atoms with Gasteiger partial charge in [-0.2, -0.15) is 0 Å². The third-order valence-corrected chi connectivity index (χ3v) is 3.77. The first-order valence-corrected chi connectivity index (χ1v) is 6.76. The number of hydrogen-bond acceptors (Lipinski definition) is 3. The van der Waals surface area contributed by atoms with E-state index in [9.17, 15) is 14.3 Å². The van der Waals surface area contributed by atoms with E-state index in [1.165, 1.54) is 13.1 Å². The molecule has 1 aromatic carbocycles. The van der Waals surface area contributed by atoms with Crippen molar-refractivity contribution >= 4 is 6.09 Å². The van der Waals surface area contributed by atoms with Crippen molar-refractivity contribution in [3.8, 4) is 0 Å². The van der Waals surface area contributed by atoms with Crippen LogP contribution in [0.15, 0.2) is 18.2 Å². The lowest BCUT2D eigenvalue weighted by atomic mass is 9.72. The van der Waals surface area contributed by atoms with Gasteiger partial charge in [-0.15, -0.1) is 0 Å². The Morgan fingerprint density at radius 2 is 2.15 bits per heavy atom. The Bertz CT molecular complexity index is 510. The van der Waals surface area contributed by atoms with Crippen molar-refractivity contribution in [1.82, 2.24) is 5.32 Å². The molecule has 110 valence electrons. The lowest BCUT2D eigenvalue weighted by molar-refractivity contribution is -0.121. The molecule has 2 N–H and O–H groups in total. The van der Waals surface area contributed by atoms with Gasteiger partial charge in [-0.05, 0) is 23.1 Å². The summed E-state index contributed by atoms with van der Waals surface area (Å²) in [5.74, 6) is -0.203. The molecule has 1 aromatic rings. The van der Waals surface area contributed by atoms with E-state index in [1.807, 2.05) is 13.8 Å². The maximum absolute atomic E-state index is 13.9. The highest BCUT2D eigenvalue weighted by molar-refractivity contribution is 5.67. The number of rotatable bonds is 3. The molecule has 2 rings (SSSR count). The molecule has 1 aliphatic rings. The number of amides is 1. The van der Waals surface area contributed by atoms with Crippen molar-refractivity contribution in [2.24, 2.45) is 0 Å². The normalized spacial score (nSPS) is 25.2. The van der Waals surface area contributed by atoms with E-state index in [2.05, 4.69) is 5.32 Å². The molecule has 0 saturated heterocycles. The predicted molar refractivity (Wildman–Crippen MR) is 72.9 cm³/mol. The molecule has 5 heteroatoms. The Hall–Kier alpha value is -1.62. The third-order valence-electron chi connectivity index (χ3n) is 3.77. The van der Waals surface area contributed by atoms with Gasteiger partial charge >= 0.3 is 6.09 Å². The number of benzene rings is 1. The average molecular weight is 281 g/mol. The molecule has 0 bridgehead atoms. The number of carbonyl (C=O) groups excluding carboxylic acids is 1. The highest BCUT2D eigenvalue weighted by Gasteiger charge is 2.46. The Kier molecular flexibility index (Phi) is 3.99. The zero-order valence-electron chi connectivity index (χ0n) is 11.9. The van der Waals surface area contributed by atoms with Crippen molar-refractivity contribution in [3.05, 3.63) is 35.1 Å². The minimum Gasteiger partial charge on any atom is -0.446 e. The molecular weight excluding hydrogens is 261 g/mol. The van der Waals surface area contributed by atoms with Gasteiger partial charge in [0, 0.05) is 19.9 Å². The van der Waals surface area contributed by atoms with Crippen LogP contribution in [0.5, 0.6) is 0 Å². The van der Waals surface area contributed by atoms with E-state index in [4.69, 9.17) is 4.74 Å². The van der Waals surface area contributed by atoms with Gasteiger partial charge in [0.15, 0.2) is 0 Å². The fourth-order valence-corrected chi connectivity index (χ4v) is 2.51. The summed E-state index contributed by atoms with van der Waals surface area (Å²) in [5, 5.41) is 12.8. The van der Waals surface area contributed by atoms with Crippen molar-refractivity contribution in [3.63, 3.8) is 0 Å². The van der Waals surface area contributed by atoms with Gasteiger partial charge in [0.05, 0.1) is 5.60 Å². The molecule has 0 spiro atoms. The minimum absolute atomic E-state index is 0.101.